The molecule has 0 bridgehead atoms. The first-order valence-corrected chi connectivity index (χ1v) is 8.10. The van der Waals surface area contributed by atoms with Gasteiger partial charge in [-0.1, -0.05) is 25.3 Å². The van der Waals surface area contributed by atoms with Gasteiger partial charge in [-0.3, -0.25) is 0 Å². The zero-order valence-electron chi connectivity index (χ0n) is 11.3. The molecule has 1 N–H and O–H groups in total. The summed E-state index contributed by atoms with van der Waals surface area (Å²) in [7, 11) is 0. The van der Waals surface area contributed by atoms with Crippen LogP contribution < -0.4 is 5.32 Å². The second-order valence-electron chi connectivity index (χ2n) is 6.88. The summed E-state index contributed by atoms with van der Waals surface area (Å²) in [6.45, 7) is 0. The van der Waals surface area contributed by atoms with Crippen LogP contribution in [0.5, 0.6) is 0 Å². The van der Waals surface area contributed by atoms with Crippen molar-refractivity contribution in [1.29, 1.82) is 0 Å². The van der Waals surface area contributed by atoms with Crippen LogP contribution >= 0.6 is 0 Å². The average molecular weight is 243 g/mol. The quantitative estimate of drug-likeness (QED) is 0.784. The molecular weight excluding hydrogens is 218 g/mol. The molecule has 0 aromatic heterocycles. The van der Waals surface area contributed by atoms with Crippen LogP contribution in [0, 0.1) is 17.8 Å². The topological polar surface area (TPSA) is 12.0 Å². The molecule has 0 aromatic carbocycles. The predicted molar refractivity (Wildman–Crippen MR) is 75.1 cm³/mol. The van der Waals surface area contributed by atoms with E-state index in [-0.39, 0.29) is 0 Å². The van der Waals surface area contributed by atoms with E-state index in [2.05, 4.69) is 17.5 Å². The van der Waals surface area contributed by atoms with Crippen molar-refractivity contribution in [1.82, 2.24) is 5.32 Å². The van der Waals surface area contributed by atoms with E-state index in [1.807, 2.05) is 0 Å². The predicted octanol–water partition coefficient (Wildman–Crippen LogP) is 4.17. The maximum atomic E-state index is 3.88. The zero-order chi connectivity index (χ0) is 11.9. The SMILES string of the molecule is C1=C(C2CCC2)C=C(C2CCC2)NC1C1CCC1. The molecule has 1 heteroatoms. The first-order chi connectivity index (χ1) is 8.90. The Hall–Kier alpha value is -0.720. The summed E-state index contributed by atoms with van der Waals surface area (Å²) in [6, 6.07) is 0.676. The molecule has 98 valence electrons. The molecule has 18 heavy (non-hydrogen) atoms. The van der Waals surface area contributed by atoms with Gasteiger partial charge in [0.2, 0.25) is 0 Å². The lowest BCUT2D eigenvalue weighted by molar-refractivity contribution is 0.247. The molecule has 3 saturated carbocycles. The van der Waals surface area contributed by atoms with Gasteiger partial charge in [0.1, 0.15) is 0 Å². The number of hydrogen-bond donors (Lipinski definition) is 1. The molecular formula is C17H25N. The van der Waals surface area contributed by atoms with Crippen LogP contribution in [0.2, 0.25) is 0 Å². The summed E-state index contributed by atoms with van der Waals surface area (Å²) in [5.74, 6) is 2.71. The van der Waals surface area contributed by atoms with Crippen LogP contribution in [0.4, 0.5) is 0 Å². The van der Waals surface area contributed by atoms with Crippen molar-refractivity contribution in [2.75, 3.05) is 0 Å². The summed E-state index contributed by atoms with van der Waals surface area (Å²) in [5.41, 5.74) is 3.29. The first kappa shape index (κ1) is 11.1. The van der Waals surface area contributed by atoms with E-state index in [1.54, 1.807) is 11.3 Å². The van der Waals surface area contributed by atoms with E-state index in [9.17, 15) is 0 Å². The molecule has 3 fully saturated rings. The van der Waals surface area contributed by atoms with Crippen molar-refractivity contribution >= 4 is 0 Å². The fourth-order valence-corrected chi connectivity index (χ4v) is 3.71. The van der Waals surface area contributed by atoms with Crippen LogP contribution in [0.15, 0.2) is 23.4 Å². The van der Waals surface area contributed by atoms with E-state index in [0.717, 1.165) is 17.8 Å². The molecule has 4 rings (SSSR count). The monoisotopic (exact) mass is 243 g/mol. The fraction of sp³-hybridized carbons (Fsp3) is 0.765. The van der Waals surface area contributed by atoms with Gasteiger partial charge in [0, 0.05) is 11.7 Å². The average Bonchev–Trinajstić information content (AvgIpc) is 2.08. The summed E-state index contributed by atoms with van der Waals surface area (Å²) in [4.78, 5) is 0. The minimum absolute atomic E-state index is 0.676. The minimum Gasteiger partial charge on any atom is -0.382 e. The van der Waals surface area contributed by atoms with Crippen molar-refractivity contribution < 1.29 is 0 Å². The molecule has 0 radical (unpaired) electrons. The lowest BCUT2D eigenvalue weighted by Crippen LogP contribution is -2.42. The number of rotatable bonds is 3. The lowest BCUT2D eigenvalue weighted by Gasteiger charge is -2.41. The van der Waals surface area contributed by atoms with Gasteiger partial charge in [-0.05, 0) is 67.9 Å². The first-order valence-electron chi connectivity index (χ1n) is 8.10. The summed E-state index contributed by atoms with van der Waals surface area (Å²) in [5, 5.41) is 3.88. The minimum atomic E-state index is 0.676. The number of hydrogen-bond acceptors (Lipinski definition) is 1. The Morgan fingerprint density at radius 3 is 2.00 bits per heavy atom. The Balaban J connectivity index is 1.55. The van der Waals surface area contributed by atoms with Crippen molar-refractivity contribution in [2.24, 2.45) is 17.8 Å². The van der Waals surface area contributed by atoms with Gasteiger partial charge < -0.3 is 5.32 Å². The third-order valence-electron chi connectivity index (χ3n) is 5.81. The molecule has 0 spiro atoms. The van der Waals surface area contributed by atoms with Gasteiger partial charge in [0.25, 0.3) is 0 Å². The van der Waals surface area contributed by atoms with E-state index in [4.69, 9.17) is 0 Å². The third kappa shape index (κ3) is 1.83. The summed E-state index contributed by atoms with van der Waals surface area (Å²) >= 11 is 0. The highest BCUT2D eigenvalue weighted by atomic mass is 15.0. The summed E-state index contributed by atoms with van der Waals surface area (Å²) < 4.78 is 0. The van der Waals surface area contributed by atoms with Crippen LogP contribution in [0.1, 0.15) is 57.8 Å². The van der Waals surface area contributed by atoms with E-state index < -0.39 is 0 Å². The molecule has 1 aliphatic heterocycles. The zero-order valence-corrected chi connectivity index (χ0v) is 11.3. The van der Waals surface area contributed by atoms with Crippen LogP contribution in [0.3, 0.4) is 0 Å². The highest BCUT2D eigenvalue weighted by Crippen LogP contribution is 2.42. The Labute approximate surface area is 111 Å². The standard InChI is InChI=1S/C17H25N/c1-4-12(5-1)15-10-16(13-6-2-7-13)18-17(11-15)14-8-3-9-14/h10-14,16,18H,1-9H2. The van der Waals surface area contributed by atoms with Gasteiger partial charge in [0.15, 0.2) is 0 Å². The number of nitrogens with one attached hydrogen (secondary N) is 1. The van der Waals surface area contributed by atoms with Crippen molar-refractivity contribution in [3.05, 3.63) is 23.4 Å². The molecule has 1 unspecified atom stereocenters. The van der Waals surface area contributed by atoms with E-state index in [1.165, 1.54) is 57.8 Å². The smallest absolute Gasteiger partial charge is 0.0475 e. The van der Waals surface area contributed by atoms with Crippen molar-refractivity contribution in [2.45, 2.75) is 63.8 Å². The van der Waals surface area contributed by atoms with Gasteiger partial charge in [-0.25, -0.2) is 0 Å². The van der Waals surface area contributed by atoms with Gasteiger partial charge in [-0.2, -0.15) is 0 Å². The van der Waals surface area contributed by atoms with Crippen LogP contribution in [-0.4, -0.2) is 6.04 Å². The Kier molecular flexibility index (Phi) is 2.74. The second-order valence-corrected chi connectivity index (χ2v) is 6.88. The lowest BCUT2D eigenvalue weighted by atomic mass is 9.72. The van der Waals surface area contributed by atoms with E-state index in [0.29, 0.717) is 6.04 Å². The number of allylic oxidation sites excluding steroid dienone is 3. The second kappa shape index (κ2) is 4.43. The molecule has 1 heterocycles. The Morgan fingerprint density at radius 1 is 0.833 bits per heavy atom. The molecule has 1 atom stereocenters. The van der Waals surface area contributed by atoms with Crippen molar-refractivity contribution in [3.8, 4) is 0 Å². The Morgan fingerprint density at radius 2 is 1.50 bits per heavy atom. The van der Waals surface area contributed by atoms with E-state index >= 15 is 0 Å². The normalized spacial score (nSPS) is 33.7. The molecule has 1 nitrogen and oxygen atoms in total. The van der Waals surface area contributed by atoms with Crippen LogP contribution in [0.25, 0.3) is 0 Å². The van der Waals surface area contributed by atoms with Gasteiger partial charge in [-0.15, -0.1) is 0 Å². The molecule has 4 aliphatic rings. The van der Waals surface area contributed by atoms with Gasteiger partial charge in [0.05, 0.1) is 0 Å². The maximum Gasteiger partial charge on any atom is 0.0475 e. The number of dihydropyridines is 1. The summed E-state index contributed by atoms with van der Waals surface area (Å²) in [6.07, 6.45) is 18.1. The maximum absolute atomic E-state index is 3.88. The molecule has 0 aromatic rings. The molecule has 0 amide bonds. The van der Waals surface area contributed by atoms with Gasteiger partial charge >= 0.3 is 0 Å². The molecule has 0 saturated heterocycles. The fourth-order valence-electron chi connectivity index (χ4n) is 3.71. The van der Waals surface area contributed by atoms with Crippen LogP contribution in [-0.2, 0) is 0 Å². The highest BCUT2D eigenvalue weighted by Gasteiger charge is 2.33. The highest BCUT2D eigenvalue weighted by molar-refractivity contribution is 5.35. The Bertz CT molecular complexity index is 380. The third-order valence-corrected chi connectivity index (χ3v) is 5.81. The largest absolute Gasteiger partial charge is 0.382 e. The van der Waals surface area contributed by atoms with Crippen molar-refractivity contribution in [3.63, 3.8) is 0 Å². The molecule has 3 aliphatic carbocycles.